The van der Waals surface area contributed by atoms with Crippen LogP contribution >= 0.6 is 0 Å². The second-order valence-electron chi connectivity index (χ2n) is 5.36. The van der Waals surface area contributed by atoms with Crippen molar-refractivity contribution in [1.82, 2.24) is 4.90 Å². The van der Waals surface area contributed by atoms with Crippen molar-refractivity contribution in [3.63, 3.8) is 0 Å². The third-order valence-electron chi connectivity index (χ3n) is 3.54. The Hall–Kier alpha value is -1.31. The molecule has 1 amide bonds. The number of rotatable bonds is 3. The fourth-order valence-corrected chi connectivity index (χ4v) is 2.60. The van der Waals surface area contributed by atoms with Crippen LogP contribution in [0.25, 0.3) is 0 Å². The van der Waals surface area contributed by atoms with E-state index in [2.05, 4.69) is 38.1 Å². The lowest BCUT2D eigenvalue weighted by Gasteiger charge is -2.26. The number of nitrogens with zero attached hydrogens (tertiary/aromatic N) is 1. The Balaban J connectivity index is 2.12. The summed E-state index contributed by atoms with van der Waals surface area (Å²) in [6, 6.07) is 8.77. The standard InChI is InChI=1S/C15H21NO/c1-11(2)10-15(17)16(3)14-9-8-12-6-4-5-7-13(12)14/h4-7,11,14H,8-10H2,1-3H3. The van der Waals surface area contributed by atoms with E-state index >= 15 is 0 Å². The largest absolute Gasteiger partial charge is 0.339 e. The van der Waals surface area contributed by atoms with Crippen LogP contribution in [-0.2, 0) is 11.2 Å². The average Bonchev–Trinajstić information content (AvgIpc) is 2.70. The van der Waals surface area contributed by atoms with Crippen LogP contribution in [0.3, 0.4) is 0 Å². The number of hydrogen-bond acceptors (Lipinski definition) is 1. The summed E-state index contributed by atoms with van der Waals surface area (Å²) in [6.45, 7) is 4.18. The molecule has 0 radical (unpaired) electrons. The number of aryl methyl sites for hydroxylation is 1. The van der Waals surface area contributed by atoms with Gasteiger partial charge in [-0.05, 0) is 29.9 Å². The van der Waals surface area contributed by atoms with Crippen LogP contribution in [0.5, 0.6) is 0 Å². The normalized spacial score (nSPS) is 18.2. The Morgan fingerprint density at radius 1 is 1.41 bits per heavy atom. The predicted molar refractivity (Wildman–Crippen MR) is 69.7 cm³/mol. The number of carbonyl (C=O) groups excluding carboxylic acids is 1. The molecule has 92 valence electrons. The van der Waals surface area contributed by atoms with Crippen molar-refractivity contribution >= 4 is 5.91 Å². The Labute approximate surface area is 104 Å². The van der Waals surface area contributed by atoms with Crippen LogP contribution in [0.15, 0.2) is 24.3 Å². The second-order valence-corrected chi connectivity index (χ2v) is 5.36. The van der Waals surface area contributed by atoms with E-state index < -0.39 is 0 Å². The van der Waals surface area contributed by atoms with E-state index in [-0.39, 0.29) is 11.9 Å². The molecule has 0 aromatic heterocycles. The third-order valence-corrected chi connectivity index (χ3v) is 3.54. The van der Waals surface area contributed by atoms with E-state index in [1.165, 1.54) is 11.1 Å². The minimum atomic E-state index is 0.265. The predicted octanol–water partition coefficient (Wildman–Crippen LogP) is 3.18. The highest BCUT2D eigenvalue weighted by molar-refractivity contribution is 5.76. The minimum absolute atomic E-state index is 0.265. The zero-order valence-corrected chi connectivity index (χ0v) is 10.9. The molecule has 1 aromatic carbocycles. The quantitative estimate of drug-likeness (QED) is 0.782. The van der Waals surface area contributed by atoms with E-state index in [0.717, 1.165) is 12.8 Å². The van der Waals surface area contributed by atoms with Crippen molar-refractivity contribution in [2.75, 3.05) is 7.05 Å². The summed E-state index contributed by atoms with van der Waals surface area (Å²) < 4.78 is 0. The molecule has 0 fully saturated rings. The summed E-state index contributed by atoms with van der Waals surface area (Å²) in [5.74, 6) is 0.697. The van der Waals surface area contributed by atoms with E-state index in [1.807, 2.05) is 11.9 Å². The number of amides is 1. The Morgan fingerprint density at radius 3 is 2.82 bits per heavy atom. The van der Waals surface area contributed by atoms with Crippen LogP contribution in [0.2, 0.25) is 0 Å². The van der Waals surface area contributed by atoms with Crippen LogP contribution in [0.1, 0.15) is 43.9 Å². The SMILES string of the molecule is CC(C)CC(=O)N(C)C1CCc2ccccc21. The fourth-order valence-electron chi connectivity index (χ4n) is 2.60. The highest BCUT2D eigenvalue weighted by Crippen LogP contribution is 2.35. The molecule has 0 spiro atoms. The summed E-state index contributed by atoms with van der Waals surface area (Å²) in [7, 11) is 1.94. The van der Waals surface area contributed by atoms with E-state index in [0.29, 0.717) is 12.3 Å². The van der Waals surface area contributed by atoms with Gasteiger partial charge in [0.2, 0.25) is 5.91 Å². The molecule has 2 rings (SSSR count). The van der Waals surface area contributed by atoms with Crippen molar-refractivity contribution < 1.29 is 4.79 Å². The molecule has 2 nitrogen and oxygen atoms in total. The molecule has 0 bridgehead atoms. The molecule has 1 atom stereocenters. The first-order valence-electron chi connectivity index (χ1n) is 6.43. The van der Waals surface area contributed by atoms with Gasteiger partial charge in [-0.3, -0.25) is 4.79 Å². The van der Waals surface area contributed by atoms with Gasteiger partial charge in [0.1, 0.15) is 0 Å². The third kappa shape index (κ3) is 2.51. The van der Waals surface area contributed by atoms with Crippen molar-refractivity contribution in [1.29, 1.82) is 0 Å². The Morgan fingerprint density at radius 2 is 2.12 bits per heavy atom. The van der Waals surface area contributed by atoms with Gasteiger partial charge in [0, 0.05) is 13.5 Å². The molecule has 0 saturated carbocycles. The molecule has 1 aromatic rings. The monoisotopic (exact) mass is 231 g/mol. The van der Waals surface area contributed by atoms with Gasteiger partial charge in [-0.25, -0.2) is 0 Å². The number of carbonyl (C=O) groups is 1. The van der Waals surface area contributed by atoms with Gasteiger partial charge in [0.05, 0.1) is 6.04 Å². The topological polar surface area (TPSA) is 20.3 Å². The second kappa shape index (κ2) is 4.91. The average molecular weight is 231 g/mol. The van der Waals surface area contributed by atoms with Gasteiger partial charge in [-0.15, -0.1) is 0 Å². The molecule has 1 aliphatic carbocycles. The van der Waals surface area contributed by atoms with E-state index in [9.17, 15) is 4.79 Å². The number of hydrogen-bond donors (Lipinski definition) is 0. The molecule has 1 unspecified atom stereocenters. The Bertz CT molecular complexity index is 411. The summed E-state index contributed by atoms with van der Waals surface area (Å²) >= 11 is 0. The van der Waals surface area contributed by atoms with Gasteiger partial charge < -0.3 is 4.90 Å². The highest BCUT2D eigenvalue weighted by Gasteiger charge is 2.28. The van der Waals surface area contributed by atoms with Crippen molar-refractivity contribution in [2.45, 2.75) is 39.2 Å². The fraction of sp³-hybridized carbons (Fsp3) is 0.533. The van der Waals surface area contributed by atoms with Crippen LogP contribution in [0.4, 0.5) is 0 Å². The lowest BCUT2D eigenvalue weighted by Crippen LogP contribution is -2.30. The smallest absolute Gasteiger partial charge is 0.223 e. The molecule has 0 heterocycles. The van der Waals surface area contributed by atoms with Gasteiger partial charge in [-0.1, -0.05) is 38.1 Å². The summed E-state index contributed by atoms with van der Waals surface area (Å²) in [5, 5.41) is 0. The molecular formula is C15H21NO. The van der Waals surface area contributed by atoms with Gasteiger partial charge in [0.15, 0.2) is 0 Å². The van der Waals surface area contributed by atoms with Gasteiger partial charge >= 0.3 is 0 Å². The van der Waals surface area contributed by atoms with Crippen LogP contribution in [-0.4, -0.2) is 17.9 Å². The molecule has 0 N–H and O–H groups in total. The van der Waals surface area contributed by atoms with Crippen LogP contribution in [0, 0.1) is 5.92 Å². The Kier molecular flexibility index (Phi) is 3.51. The number of fused-ring (bicyclic) bond motifs is 1. The van der Waals surface area contributed by atoms with Crippen molar-refractivity contribution in [3.05, 3.63) is 35.4 Å². The summed E-state index contributed by atoms with van der Waals surface area (Å²) in [4.78, 5) is 14.0. The first-order chi connectivity index (χ1) is 8.09. The lowest BCUT2D eigenvalue weighted by molar-refractivity contribution is -0.132. The van der Waals surface area contributed by atoms with E-state index in [4.69, 9.17) is 0 Å². The highest BCUT2D eigenvalue weighted by atomic mass is 16.2. The van der Waals surface area contributed by atoms with Gasteiger partial charge in [0.25, 0.3) is 0 Å². The van der Waals surface area contributed by atoms with Crippen LogP contribution < -0.4 is 0 Å². The molecule has 17 heavy (non-hydrogen) atoms. The maximum absolute atomic E-state index is 12.1. The molecule has 1 aliphatic rings. The first kappa shape index (κ1) is 12.2. The molecule has 0 saturated heterocycles. The minimum Gasteiger partial charge on any atom is -0.339 e. The molecule has 2 heteroatoms. The number of benzene rings is 1. The van der Waals surface area contributed by atoms with Crippen molar-refractivity contribution in [3.8, 4) is 0 Å². The summed E-state index contributed by atoms with van der Waals surface area (Å²) in [6.07, 6.45) is 2.81. The maximum Gasteiger partial charge on any atom is 0.223 e. The molecule has 0 aliphatic heterocycles. The first-order valence-corrected chi connectivity index (χ1v) is 6.43. The van der Waals surface area contributed by atoms with Gasteiger partial charge in [-0.2, -0.15) is 0 Å². The zero-order valence-electron chi connectivity index (χ0n) is 10.9. The molecular weight excluding hydrogens is 210 g/mol. The zero-order chi connectivity index (χ0) is 12.4. The lowest BCUT2D eigenvalue weighted by atomic mass is 10.1. The van der Waals surface area contributed by atoms with E-state index in [1.54, 1.807) is 0 Å². The maximum atomic E-state index is 12.1. The summed E-state index contributed by atoms with van der Waals surface area (Å²) in [5.41, 5.74) is 2.74. The van der Waals surface area contributed by atoms with Crippen molar-refractivity contribution in [2.24, 2.45) is 5.92 Å².